The topological polar surface area (TPSA) is 18.5 Å². The molecule has 0 heterocycles. The van der Waals surface area contributed by atoms with Crippen molar-refractivity contribution in [1.29, 1.82) is 0 Å². The van der Waals surface area contributed by atoms with Crippen LogP contribution < -0.4 is 18.4 Å². The van der Waals surface area contributed by atoms with E-state index in [0.717, 1.165) is 17.9 Å². The zero-order chi connectivity index (χ0) is 23.4. The minimum absolute atomic E-state index is 0.0635. The second-order valence-electron chi connectivity index (χ2n) is 8.12. The van der Waals surface area contributed by atoms with Gasteiger partial charge in [-0.1, -0.05) is 0 Å². The van der Waals surface area contributed by atoms with E-state index in [0.29, 0.717) is 0 Å². The molecule has 5 rings (SSSR count). The molecule has 170 valence electrons. The van der Waals surface area contributed by atoms with Crippen molar-refractivity contribution >= 4 is 38.8 Å². The summed E-state index contributed by atoms with van der Waals surface area (Å²) >= 11 is 0.489. The van der Waals surface area contributed by atoms with Crippen LogP contribution in [-0.2, 0) is 5.41 Å². The molecule has 0 saturated heterocycles. The van der Waals surface area contributed by atoms with Gasteiger partial charge in [-0.05, 0) is 0 Å². The monoisotopic (exact) mass is 578 g/mol. The second kappa shape index (κ2) is 10.3. The van der Waals surface area contributed by atoms with Crippen LogP contribution >= 0.6 is 0 Å². The fourth-order valence-corrected chi connectivity index (χ4v) is 10.1. The van der Waals surface area contributed by atoms with Crippen molar-refractivity contribution in [3.63, 3.8) is 0 Å². The van der Waals surface area contributed by atoms with Gasteiger partial charge in [-0.25, -0.2) is 0 Å². The Morgan fingerprint density at radius 3 is 1.44 bits per heavy atom. The molecule has 0 saturated carbocycles. The summed E-state index contributed by atoms with van der Waals surface area (Å²) in [5, 5.41) is 0. The average molecular weight is 576 g/mol. The average Bonchev–Trinajstić information content (AvgIpc) is 2.91. The molecule has 0 aromatic heterocycles. The van der Waals surface area contributed by atoms with Gasteiger partial charge in [0.2, 0.25) is 0 Å². The van der Waals surface area contributed by atoms with Gasteiger partial charge in [-0.15, -0.1) is 0 Å². The van der Waals surface area contributed by atoms with Gasteiger partial charge in [0.25, 0.3) is 0 Å². The van der Waals surface area contributed by atoms with E-state index >= 15 is 0 Å². The minimum atomic E-state index is -0.0635. The van der Waals surface area contributed by atoms with E-state index in [1.54, 1.807) is 23.2 Å². The molecule has 0 N–H and O–H groups in total. The Hall–Kier alpha value is -2.74. The number of ether oxygens (including phenoxy) is 2. The Bertz CT molecular complexity index is 1230. The van der Waals surface area contributed by atoms with Gasteiger partial charge in [-0.3, -0.25) is 0 Å². The first kappa shape index (κ1) is 23.0. The third-order valence-electron chi connectivity index (χ3n) is 6.18. The normalized spacial score (nSPS) is 14.4. The molecule has 0 atom stereocenters. The summed E-state index contributed by atoms with van der Waals surface area (Å²) in [6.07, 6.45) is 1.07. The van der Waals surface area contributed by atoms with Crippen LogP contribution in [0, 0.1) is 0 Å². The Morgan fingerprint density at radius 2 is 1.00 bits per heavy atom. The van der Waals surface area contributed by atoms with Gasteiger partial charge in [0.15, 0.2) is 0 Å². The predicted molar refractivity (Wildman–Crippen MR) is 142 cm³/mol. The Labute approximate surface area is 214 Å². The molecular formula is C30H26O2Se2. The molecule has 0 amide bonds. The van der Waals surface area contributed by atoms with Crippen LogP contribution in [0.1, 0.15) is 17.5 Å². The van der Waals surface area contributed by atoms with Gasteiger partial charge in [0.1, 0.15) is 0 Å². The molecule has 1 aliphatic rings. The van der Waals surface area contributed by atoms with E-state index in [2.05, 4.69) is 109 Å². The molecule has 0 fully saturated rings. The van der Waals surface area contributed by atoms with Crippen molar-refractivity contribution in [2.45, 2.75) is 11.8 Å². The van der Waals surface area contributed by atoms with E-state index in [9.17, 15) is 0 Å². The third kappa shape index (κ3) is 4.47. The summed E-state index contributed by atoms with van der Waals surface area (Å²) in [6, 6.07) is 39.3. The summed E-state index contributed by atoms with van der Waals surface area (Å²) in [5.74, 6) is 1.81. The van der Waals surface area contributed by atoms with Crippen LogP contribution in [0.5, 0.6) is 11.5 Å². The molecule has 0 unspecified atom stereocenters. The molecule has 0 bridgehead atoms. The fourth-order valence-electron chi connectivity index (χ4n) is 4.39. The van der Waals surface area contributed by atoms with Crippen molar-refractivity contribution in [3.8, 4) is 11.5 Å². The molecule has 0 radical (unpaired) electrons. The van der Waals surface area contributed by atoms with E-state index in [1.807, 2.05) is 0 Å². The summed E-state index contributed by atoms with van der Waals surface area (Å²) in [5.41, 5.74) is 2.72. The predicted octanol–water partition coefficient (Wildman–Crippen LogP) is 4.66. The number of allylic oxidation sites excluding steroid dienone is 2. The van der Waals surface area contributed by atoms with Crippen molar-refractivity contribution in [3.05, 3.63) is 129 Å². The molecular weight excluding hydrogens is 550 g/mol. The van der Waals surface area contributed by atoms with Crippen molar-refractivity contribution in [2.75, 3.05) is 14.2 Å². The standard InChI is InChI=1S/C30H26O2Se2/c1-31-24-13-17-26(18-14-24)33-28-21-30(22-9-5-3-6-10-22,23-11-7-4-8-12-23)29(28)34-27-19-15-25(32-2)16-20-27/h3-20H,21H2,1-2H3. The molecule has 4 aromatic rings. The van der Waals surface area contributed by atoms with Crippen molar-refractivity contribution in [2.24, 2.45) is 0 Å². The Kier molecular flexibility index (Phi) is 6.94. The first-order chi connectivity index (χ1) is 16.7. The first-order valence-corrected chi connectivity index (χ1v) is 14.6. The van der Waals surface area contributed by atoms with Gasteiger partial charge in [0.05, 0.1) is 0 Å². The van der Waals surface area contributed by atoms with Crippen LogP contribution in [0.4, 0.5) is 0 Å². The number of benzene rings is 4. The van der Waals surface area contributed by atoms with Crippen LogP contribution in [0.3, 0.4) is 0 Å². The second-order valence-corrected chi connectivity index (χ2v) is 12.8. The van der Waals surface area contributed by atoms with Gasteiger partial charge >= 0.3 is 215 Å². The Balaban J connectivity index is 1.60. The number of hydrogen-bond donors (Lipinski definition) is 0. The maximum atomic E-state index is 5.40. The van der Waals surface area contributed by atoms with E-state index < -0.39 is 0 Å². The van der Waals surface area contributed by atoms with Gasteiger partial charge < -0.3 is 0 Å². The molecule has 1 aliphatic carbocycles. The zero-order valence-corrected chi connectivity index (χ0v) is 22.7. The van der Waals surface area contributed by atoms with E-state index in [1.165, 1.54) is 20.1 Å². The first-order valence-electron chi connectivity index (χ1n) is 11.2. The fraction of sp³-hybridized carbons (Fsp3) is 0.133. The molecule has 2 nitrogen and oxygen atoms in total. The molecule has 34 heavy (non-hydrogen) atoms. The summed E-state index contributed by atoms with van der Waals surface area (Å²) in [7, 11) is 3.44. The number of rotatable bonds is 8. The zero-order valence-electron chi connectivity index (χ0n) is 19.2. The Morgan fingerprint density at radius 1 is 0.559 bits per heavy atom. The van der Waals surface area contributed by atoms with Crippen LogP contribution in [0.25, 0.3) is 0 Å². The van der Waals surface area contributed by atoms with Crippen LogP contribution in [0.2, 0.25) is 0 Å². The van der Waals surface area contributed by atoms with Crippen molar-refractivity contribution in [1.82, 2.24) is 0 Å². The van der Waals surface area contributed by atoms with E-state index in [-0.39, 0.29) is 35.3 Å². The molecule has 4 aromatic carbocycles. The number of hydrogen-bond acceptors (Lipinski definition) is 2. The SMILES string of the molecule is COc1ccc([Se]C2=C([Se]c3ccc(OC)cc3)C(c3ccccc3)(c3ccccc3)C2)cc1. The van der Waals surface area contributed by atoms with E-state index in [4.69, 9.17) is 9.47 Å². The number of methoxy groups -OCH3 is 2. The van der Waals surface area contributed by atoms with Crippen LogP contribution in [-0.4, -0.2) is 44.1 Å². The molecule has 0 spiro atoms. The summed E-state index contributed by atoms with van der Waals surface area (Å²) in [6.45, 7) is 0. The quantitative estimate of drug-likeness (QED) is 0.284. The summed E-state index contributed by atoms with van der Waals surface area (Å²) in [4.78, 5) is 0. The van der Waals surface area contributed by atoms with Crippen molar-refractivity contribution < 1.29 is 9.47 Å². The van der Waals surface area contributed by atoms with Gasteiger partial charge in [-0.2, -0.15) is 0 Å². The third-order valence-corrected chi connectivity index (χ3v) is 11.9. The molecule has 0 aliphatic heterocycles. The maximum absolute atomic E-state index is 5.40. The van der Waals surface area contributed by atoms with Gasteiger partial charge in [0, 0.05) is 0 Å². The summed E-state index contributed by atoms with van der Waals surface area (Å²) < 4.78 is 16.7. The molecule has 4 heteroatoms. The van der Waals surface area contributed by atoms with Crippen LogP contribution in [0.15, 0.2) is 118 Å².